The average Bonchev–Trinajstić information content (AvgIpc) is 1.64. The summed E-state index contributed by atoms with van der Waals surface area (Å²) in [6.45, 7) is 36.3. The van der Waals surface area contributed by atoms with Gasteiger partial charge in [-0.25, -0.2) is 71.8 Å². The number of Topliss-reactive ketones (excluding diaryl/α,β-unsaturated/α-hetero) is 3. The van der Waals surface area contributed by atoms with E-state index in [1.165, 1.54) is 51.9 Å². The lowest BCUT2D eigenvalue weighted by molar-refractivity contribution is -0.121. The van der Waals surface area contributed by atoms with Crippen LogP contribution in [-0.4, -0.2) is 140 Å². The van der Waals surface area contributed by atoms with Crippen LogP contribution in [0.4, 0.5) is 23.1 Å². The largest absolute Gasteiger partial charge is 0.370 e. The van der Waals surface area contributed by atoms with Crippen LogP contribution in [0.25, 0.3) is 61.2 Å². The first-order chi connectivity index (χ1) is 66.7. The summed E-state index contributed by atoms with van der Waals surface area (Å²) in [5.41, 5.74) is 13.1. The van der Waals surface area contributed by atoms with Gasteiger partial charge < -0.3 is 21.0 Å². The van der Waals surface area contributed by atoms with E-state index in [2.05, 4.69) is 110 Å². The number of hydrogen-bond donors (Lipinski definition) is 9. The quantitative estimate of drug-likeness (QED) is 0.00906. The van der Waals surface area contributed by atoms with Gasteiger partial charge in [-0.1, -0.05) is 204 Å². The second kappa shape index (κ2) is 43.1. The molecule has 36 nitrogen and oxygen atoms in total. The molecule has 9 N–H and O–H groups in total. The molecule has 19 rings (SSSR count). The summed E-state index contributed by atoms with van der Waals surface area (Å²) in [6.07, 6.45) is 17.8. The molecule has 2 atom stereocenters. The fraction of sp³-hybridized carbons (Fsp3) is 0.257. The number of carbonyl (C=O) groups excluding carboxylic acids is 6. The van der Waals surface area contributed by atoms with Gasteiger partial charge in [-0.05, 0) is 101 Å². The zero-order valence-corrected chi connectivity index (χ0v) is 80.3. The number of ketones is 3. The maximum Gasteiger partial charge on any atom is 0.277 e. The van der Waals surface area contributed by atoms with Crippen molar-refractivity contribution < 1.29 is 28.8 Å². The molecule has 2 saturated carbocycles. The van der Waals surface area contributed by atoms with E-state index in [-0.39, 0.29) is 125 Å². The van der Waals surface area contributed by atoms with Gasteiger partial charge in [-0.2, -0.15) is 0 Å². The van der Waals surface area contributed by atoms with Crippen LogP contribution < -0.4 is 49.3 Å². The lowest BCUT2D eigenvalue weighted by atomic mass is 9.81. The molecular weight excluding hydrogens is 1860 g/mol. The number of nitrogens with one attached hydrogen (secondary N) is 9. The maximum absolute atomic E-state index is 13.1. The van der Waals surface area contributed by atoms with E-state index in [0.717, 1.165) is 45.2 Å². The Labute approximate surface area is 806 Å². The number of aromatic nitrogens is 20. The molecule has 3 aromatic carbocycles. The smallest absolute Gasteiger partial charge is 0.277 e. The van der Waals surface area contributed by atoms with Gasteiger partial charge in [0.25, 0.3) is 45.2 Å². The number of fused-ring (bicyclic) bond motifs is 6. The number of aryl methyl sites for hydroxylation is 3. The van der Waals surface area contributed by atoms with Crippen LogP contribution in [0.5, 0.6) is 0 Å². The number of allylic oxidation sites excluding steroid dienone is 2. The first-order valence-corrected chi connectivity index (χ1v) is 46.0. The van der Waals surface area contributed by atoms with Crippen molar-refractivity contribution in [3.63, 3.8) is 0 Å². The molecule has 2 unspecified atom stereocenters. The molecule has 0 saturated heterocycles. The van der Waals surface area contributed by atoms with Crippen molar-refractivity contribution in [3.8, 4) is 22.5 Å². The van der Waals surface area contributed by atoms with Gasteiger partial charge in [0.15, 0.2) is 46.0 Å². The molecule has 2 fully saturated rings. The number of amides is 2. The summed E-state index contributed by atoms with van der Waals surface area (Å²) in [6, 6.07) is 38.6. The highest BCUT2D eigenvalue weighted by Crippen LogP contribution is 2.36. The molecule has 0 aliphatic heterocycles. The third kappa shape index (κ3) is 21.3. The highest BCUT2D eigenvalue weighted by Gasteiger charge is 2.34. The van der Waals surface area contributed by atoms with Gasteiger partial charge in [0, 0.05) is 131 Å². The van der Waals surface area contributed by atoms with E-state index in [4.69, 9.17) is 28.1 Å². The second-order valence-corrected chi connectivity index (χ2v) is 35.8. The van der Waals surface area contributed by atoms with E-state index in [9.17, 15) is 57.5 Å². The van der Waals surface area contributed by atoms with Gasteiger partial charge in [0.1, 0.15) is 45.3 Å². The lowest BCUT2D eigenvalue weighted by Crippen LogP contribution is -2.29. The summed E-state index contributed by atoms with van der Waals surface area (Å²) in [5, 5.41) is 25.7. The third-order valence-electron chi connectivity index (χ3n) is 23.5. The SMILES string of the molecule is C=C1CCC(c2c(C)nc3c(C)c[nH]n3c2=O)C(=O)C1.C=C1CCC(c2c(C)nc3cc[nH]n3c2=O)C(=O)C1.CC(C)c1c(-c2ccccc2)nc2c(C(=O)Nc3cc(Br)ccn3)c[nH]n2c1=O.CC(C)c1c(-c2ccccc2)nc2c(C(=O)Nc3ccccn3)c[nH]n2c1=O.CC(C)c1c(Cl)nc2c(C=O)c[nH]n2c1=O.[C-]#[N+]c1c[nH]n2c(=O)c(C(C)C)c(NCCCC(=O)c3ccccc3)nc12. The van der Waals surface area contributed by atoms with Crippen molar-refractivity contribution in [2.75, 3.05) is 22.5 Å². The second-order valence-electron chi connectivity index (χ2n) is 34.5. The van der Waals surface area contributed by atoms with Crippen LogP contribution in [0.2, 0.25) is 5.15 Å². The molecule has 14 heterocycles. The average molecular weight is 1960 g/mol. The summed E-state index contributed by atoms with van der Waals surface area (Å²) in [7, 11) is 0. The number of aldehydes is 1. The molecule has 0 spiro atoms. The van der Waals surface area contributed by atoms with E-state index >= 15 is 0 Å². The number of anilines is 3. The van der Waals surface area contributed by atoms with E-state index in [1.807, 2.05) is 141 Å². The van der Waals surface area contributed by atoms with Crippen molar-refractivity contribution in [3.05, 3.63) is 357 Å². The lowest BCUT2D eigenvalue weighted by Gasteiger charge is -2.22. The van der Waals surface area contributed by atoms with Crippen LogP contribution in [0.3, 0.4) is 0 Å². The topological polar surface area (TPSA) is 470 Å². The number of rotatable bonds is 19. The molecule has 38 heteroatoms. The van der Waals surface area contributed by atoms with Gasteiger partial charge in [-0.3, -0.25) is 83.0 Å². The number of halogens is 2. The third-order valence-corrected chi connectivity index (χ3v) is 24.2. The predicted molar refractivity (Wildman–Crippen MR) is 535 cm³/mol. The van der Waals surface area contributed by atoms with Crippen LogP contribution in [0.15, 0.2) is 235 Å². The van der Waals surface area contributed by atoms with E-state index < -0.39 is 5.91 Å². The highest BCUT2D eigenvalue weighted by molar-refractivity contribution is 9.10. The number of pyridine rings is 2. The Hall–Kier alpha value is -16.4. The number of nitrogens with zero attached hydrogens (tertiary/aromatic N) is 15. The molecule has 139 heavy (non-hydrogen) atoms. The Morgan fingerprint density at radius 1 is 0.511 bits per heavy atom. The first kappa shape index (κ1) is 98.6. The summed E-state index contributed by atoms with van der Waals surface area (Å²) in [4.78, 5) is 187. The Bertz CT molecular complexity index is 8040. The Balaban J connectivity index is 0.000000134. The molecule has 2 aliphatic rings. The number of H-pyrrole nitrogens is 6. The van der Waals surface area contributed by atoms with Crippen molar-refractivity contribution in [2.45, 2.75) is 163 Å². The fourth-order valence-electron chi connectivity index (χ4n) is 16.6. The molecule has 0 radical (unpaired) electrons. The zero-order chi connectivity index (χ0) is 99.5. The van der Waals surface area contributed by atoms with E-state index in [0.29, 0.717) is 159 Å². The number of carbonyl (C=O) groups is 6. The number of hydrogen-bond acceptors (Lipinski definition) is 21. The van der Waals surface area contributed by atoms with Gasteiger partial charge in [0.05, 0.1) is 57.6 Å². The highest BCUT2D eigenvalue weighted by atomic mass is 79.9. The molecule has 710 valence electrons. The molecule has 2 amide bonds. The first-order valence-electron chi connectivity index (χ1n) is 44.8. The van der Waals surface area contributed by atoms with Gasteiger partial charge in [-0.15, -0.1) is 0 Å². The number of aromatic amines is 6. The normalized spacial score (nSPS) is 13.6. The van der Waals surface area contributed by atoms with Crippen LogP contribution >= 0.6 is 27.5 Å². The summed E-state index contributed by atoms with van der Waals surface area (Å²) in [5.74, 6) is -0.0553. The Kier molecular flexibility index (Phi) is 30.6. The minimum absolute atomic E-state index is 0.0209. The van der Waals surface area contributed by atoms with Crippen LogP contribution in [-0.2, 0) is 9.59 Å². The van der Waals surface area contributed by atoms with Crippen molar-refractivity contribution in [1.82, 2.24) is 97.6 Å². The molecule has 14 aromatic heterocycles. The van der Waals surface area contributed by atoms with E-state index in [1.54, 1.807) is 87.2 Å². The fourth-order valence-corrected chi connectivity index (χ4v) is 17.3. The molecule has 0 bridgehead atoms. The summed E-state index contributed by atoms with van der Waals surface area (Å²) < 4.78 is 8.76. The molecule has 2 aliphatic carbocycles. The van der Waals surface area contributed by atoms with Crippen LogP contribution in [0, 0.1) is 27.3 Å². The van der Waals surface area contributed by atoms with Crippen molar-refractivity contribution >= 4 is 120 Å². The summed E-state index contributed by atoms with van der Waals surface area (Å²) >= 11 is 9.29. The zero-order valence-electron chi connectivity index (χ0n) is 77.9. The predicted octanol–water partition coefficient (Wildman–Crippen LogP) is 16.8. The van der Waals surface area contributed by atoms with Crippen molar-refractivity contribution in [1.29, 1.82) is 0 Å². The van der Waals surface area contributed by atoms with Gasteiger partial charge >= 0.3 is 0 Å². The van der Waals surface area contributed by atoms with Crippen LogP contribution in [0.1, 0.15) is 234 Å². The van der Waals surface area contributed by atoms with Gasteiger partial charge in [0.2, 0.25) is 5.69 Å². The molecule has 17 aromatic rings. The minimum atomic E-state index is -0.405. The van der Waals surface area contributed by atoms with Crippen molar-refractivity contribution in [2.24, 2.45) is 0 Å². The number of benzene rings is 3. The Morgan fingerprint density at radius 3 is 1.51 bits per heavy atom. The monoisotopic (exact) mass is 1950 g/mol. The maximum atomic E-state index is 13.1. The minimum Gasteiger partial charge on any atom is -0.370 e. The Morgan fingerprint density at radius 2 is 0.986 bits per heavy atom. The molecular formula is C101H100BrClN24O12. The standard InChI is InChI=1S/C21H18BrN5O2.C21H19N5O2.C20H21N5O2.C15H17N3O2.C14H15N3O2.C10H10ClN3O2/c1-12(2)17-18(13-6-4-3-5-7-13)26-19-15(11-24-27(19)21(17)29)20(28)25-16-10-14(22)8-9-23-16;1-13(2)17-18(14-8-4-3-5-9-14)25-19-15(12-23-26(19)21(17)28)20(27)24-16-10-6-7-11-22-16;1-13(2)17-18(24-19-15(21-3)12-23-25(19)20(17)27)22-11-7-10-16(26)14-8-5-4-6-9-14;1-8-4-5-11(12(19)6-8)13-10(3)17-14-9(2)7-16-18(14)15(13)20;1-8-3-4-10(11(18)7-8)13-9(2)16-12-5-6-15-17(12)14(13)19;1-5(2)7-8(11)13-9-6(4-15)3-12-14(9)10(7)16/h3-12,24H,1-2H3,(H,23,25,28);3-13,23H,1-2H3,(H,22,24,27);4-6,8-9,12-13,22-23H,7,10-11H2,1-2H3;7,11,16H,1,4-6H2,2-3H3;5-6,10,15H,1,3-4,7H2,2H3;3-5,12H,1-2H3.